The SMILES string of the molecule is C=CC(=O)NCC(NC(=O)OC1CCCC1)C(=O)N1C[C@H](OC(=O)N2Cc3cccc(F)c3C2)CC1C(=O)N[C@]1(C(=O)NS(=O)(=O)C2CC2)C[C@H]1C=C. The lowest BCUT2D eigenvalue weighted by atomic mass is 10.1. The van der Waals surface area contributed by atoms with Gasteiger partial charge in [-0.1, -0.05) is 24.8 Å². The number of amides is 6. The molecule has 1 aromatic rings. The molecule has 5 aliphatic rings. The number of alkyl carbamates (subject to hydrolysis) is 1. The maximum absolute atomic E-state index is 14.4. The second-order valence-corrected chi connectivity index (χ2v) is 16.1. The van der Waals surface area contributed by atoms with Crippen LogP contribution in [-0.2, 0) is 51.8 Å². The van der Waals surface area contributed by atoms with Crippen LogP contribution in [0.25, 0.3) is 0 Å². The third kappa shape index (κ3) is 8.31. The van der Waals surface area contributed by atoms with E-state index in [0.29, 0.717) is 36.8 Å². The highest BCUT2D eigenvalue weighted by Crippen LogP contribution is 2.45. The van der Waals surface area contributed by atoms with Gasteiger partial charge in [-0.05, 0) is 62.7 Å². The van der Waals surface area contributed by atoms with Crippen molar-refractivity contribution in [1.29, 1.82) is 0 Å². The summed E-state index contributed by atoms with van der Waals surface area (Å²) in [6.45, 7) is 6.37. The van der Waals surface area contributed by atoms with E-state index < -0.39 is 93.1 Å². The minimum absolute atomic E-state index is 0.0458. The summed E-state index contributed by atoms with van der Waals surface area (Å²) in [4.78, 5) is 82.4. The van der Waals surface area contributed by atoms with Crippen molar-refractivity contribution in [2.45, 2.75) is 99.5 Å². The molecular formula is C35H43FN6O10S. The fourth-order valence-electron chi connectivity index (χ4n) is 7.13. The number of benzene rings is 1. The summed E-state index contributed by atoms with van der Waals surface area (Å²) in [6, 6.07) is 1.68. The van der Waals surface area contributed by atoms with Gasteiger partial charge in [0.15, 0.2) is 0 Å². The van der Waals surface area contributed by atoms with E-state index in [1.54, 1.807) is 6.07 Å². The van der Waals surface area contributed by atoms with E-state index in [0.717, 1.165) is 23.8 Å². The molecule has 6 amide bonds. The highest BCUT2D eigenvalue weighted by molar-refractivity contribution is 7.91. The molecule has 5 atom stereocenters. The van der Waals surface area contributed by atoms with Crippen molar-refractivity contribution in [3.05, 3.63) is 60.5 Å². The van der Waals surface area contributed by atoms with Crippen LogP contribution in [0.4, 0.5) is 14.0 Å². The molecule has 3 saturated carbocycles. The van der Waals surface area contributed by atoms with E-state index in [1.807, 2.05) is 0 Å². The number of hydrogen-bond acceptors (Lipinski definition) is 10. The van der Waals surface area contributed by atoms with E-state index in [4.69, 9.17) is 9.47 Å². The van der Waals surface area contributed by atoms with Crippen molar-refractivity contribution < 1.29 is 51.0 Å². The number of carbonyl (C=O) groups excluding carboxylic acids is 6. The first-order valence-electron chi connectivity index (χ1n) is 17.6. The standard InChI is InChI=1S/C35H43FN6O10S/c1-3-21-15-35(21,32(46)40-53(49,50)24-12-13-24)39-30(44)28-14-23(52-34(48)41-17-20-8-7-11-26(36)25(20)19-41)18-42(28)31(45)27(16-37-29(43)4-2)38-33(47)51-22-9-5-6-10-22/h3-4,7-8,11,21-24,27-28H,1-2,5-6,9-10,12-19H2,(H,37,43)(H,38,47)(H,39,44)(H,40,46)/t21-,23-,27?,28?,35-/m1/s1. The van der Waals surface area contributed by atoms with E-state index in [9.17, 15) is 41.6 Å². The van der Waals surface area contributed by atoms with Gasteiger partial charge >= 0.3 is 12.2 Å². The Kier molecular flexibility index (Phi) is 10.8. The van der Waals surface area contributed by atoms with E-state index in [-0.39, 0.29) is 38.6 Å². The first-order chi connectivity index (χ1) is 25.2. The fourth-order valence-corrected chi connectivity index (χ4v) is 8.49. The largest absolute Gasteiger partial charge is 0.446 e. The van der Waals surface area contributed by atoms with Crippen molar-refractivity contribution in [1.82, 2.24) is 30.5 Å². The molecule has 4 N–H and O–H groups in total. The molecule has 0 spiro atoms. The zero-order chi connectivity index (χ0) is 38.1. The molecule has 1 saturated heterocycles. The molecule has 1 aromatic carbocycles. The average Bonchev–Trinajstić information content (AvgIpc) is 3.92. The van der Waals surface area contributed by atoms with Gasteiger partial charge in [0.2, 0.25) is 27.7 Å². The molecule has 0 radical (unpaired) electrons. The molecular weight excluding hydrogens is 715 g/mol. The molecule has 2 aliphatic heterocycles. The van der Waals surface area contributed by atoms with Gasteiger partial charge in [0.1, 0.15) is 35.6 Å². The Labute approximate surface area is 305 Å². The number of sulfonamides is 1. The molecule has 4 fully saturated rings. The lowest BCUT2D eigenvalue weighted by Crippen LogP contribution is -2.59. The third-order valence-electron chi connectivity index (χ3n) is 10.4. The van der Waals surface area contributed by atoms with E-state index >= 15 is 0 Å². The number of halogens is 1. The van der Waals surface area contributed by atoms with E-state index in [1.165, 1.54) is 23.1 Å². The molecule has 16 nitrogen and oxygen atoms in total. The number of fused-ring (bicyclic) bond motifs is 1. The molecule has 53 heavy (non-hydrogen) atoms. The van der Waals surface area contributed by atoms with Crippen LogP contribution < -0.4 is 20.7 Å². The highest BCUT2D eigenvalue weighted by atomic mass is 32.2. The molecule has 0 bridgehead atoms. The molecule has 2 unspecified atom stereocenters. The second kappa shape index (κ2) is 15.2. The Bertz CT molecular complexity index is 1820. The molecule has 286 valence electrons. The number of hydrogen-bond donors (Lipinski definition) is 4. The Balaban J connectivity index is 1.22. The van der Waals surface area contributed by atoms with Crippen molar-refractivity contribution in [2.75, 3.05) is 13.1 Å². The van der Waals surface area contributed by atoms with Crippen LogP contribution in [0.5, 0.6) is 0 Å². The summed E-state index contributed by atoms with van der Waals surface area (Å²) in [5, 5.41) is 6.89. The van der Waals surface area contributed by atoms with Crippen LogP contribution in [0.2, 0.25) is 0 Å². The van der Waals surface area contributed by atoms with Crippen LogP contribution in [0.3, 0.4) is 0 Å². The zero-order valence-electron chi connectivity index (χ0n) is 29.0. The third-order valence-corrected chi connectivity index (χ3v) is 12.2. The van der Waals surface area contributed by atoms with E-state index in [2.05, 4.69) is 33.8 Å². The summed E-state index contributed by atoms with van der Waals surface area (Å²) >= 11 is 0. The van der Waals surface area contributed by atoms with Gasteiger partial charge in [-0.25, -0.2) is 22.4 Å². The lowest BCUT2D eigenvalue weighted by molar-refractivity contribution is -0.141. The first kappa shape index (κ1) is 37.7. The Hall–Kier alpha value is -5.00. The number of ether oxygens (including phenoxy) is 2. The van der Waals surface area contributed by atoms with Gasteiger partial charge < -0.3 is 30.3 Å². The quantitative estimate of drug-likeness (QED) is 0.167. The smallest absolute Gasteiger partial charge is 0.410 e. The lowest BCUT2D eigenvalue weighted by Gasteiger charge is -2.30. The van der Waals surface area contributed by atoms with Crippen LogP contribution in [0, 0.1) is 11.7 Å². The van der Waals surface area contributed by atoms with Crippen LogP contribution >= 0.6 is 0 Å². The first-order valence-corrected chi connectivity index (χ1v) is 19.2. The predicted octanol–water partition coefficient (Wildman–Crippen LogP) is 1.26. The Morgan fingerprint density at radius 3 is 2.40 bits per heavy atom. The number of nitrogens with zero attached hydrogens (tertiary/aromatic N) is 2. The molecule has 2 heterocycles. The minimum atomic E-state index is -3.97. The zero-order valence-corrected chi connectivity index (χ0v) is 29.8. The monoisotopic (exact) mass is 758 g/mol. The van der Waals surface area contributed by atoms with Gasteiger partial charge in [0.05, 0.1) is 18.3 Å². The molecule has 3 aliphatic carbocycles. The van der Waals surface area contributed by atoms with Crippen molar-refractivity contribution in [3.63, 3.8) is 0 Å². The van der Waals surface area contributed by atoms with Gasteiger partial charge in [-0.3, -0.25) is 28.8 Å². The molecule has 0 aromatic heterocycles. The minimum Gasteiger partial charge on any atom is -0.446 e. The second-order valence-electron chi connectivity index (χ2n) is 14.1. The maximum atomic E-state index is 14.4. The summed E-state index contributed by atoms with van der Waals surface area (Å²) in [7, 11) is -3.97. The van der Waals surface area contributed by atoms with Crippen LogP contribution in [0.15, 0.2) is 43.5 Å². The Morgan fingerprint density at radius 1 is 1.02 bits per heavy atom. The highest BCUT2D eigenvalue weighted by Gasteiger charge is 2.62. The number of likely N-dealkylation sites (tertiary alicyclic amines) is 1. The summed E-state index contributed by atoms with van der Waals surface area (Å²) < 4.78 is 53.0. The number of nitrogens with one attached hydrogen (secondary N) is 4. The molecule has 18 heteroatoms. The normalized spacial score (nSPS) is 25.4. The van der Waals surface area contributed by atoms with Crippen molar-refractivity contribution in [3.8, 4) is 0 Å². The number of rotatable bonds is 13. The maximum Gasteiger partial charge on any atom is 0.410 e. The summed E-state index contributed by atoms with van der Waals surface area (Å²) in [5.41, 5.74) is -0.717. The van der Waals surface area contributed by atoms with Gasteiger partial charge in [-0.15, -0.1) is 6.58 Å². The fraction of sp³-hybridized carbons (Fsp3) is 0.543. The van der Waals surface area contributed by atoms with Crippen LogP contribution in [0.1, 0.15) is 62.5 Å². The number of carbonyl (C=O) groups is 6. The topological polar surface area (TPSA) is 210 Å². The average molecular weight is 759 g/mol. The van der Waals surface area contributed by atoms with Gasteiger partial charge in [-0.2, -0.15) is 0 Å². The van der Waals surface area contributed by atoms with Crippen LogP contribution in [-0.4, -0.2) is 102 Å². The van der Waals surface area contributed by atoms with Crippen molar-refractivity contribution >= 4 is 45.8 Å². The summed E-state index contributed by atoms with van der Waals surface area (Å²) in [6.07, 6.45) is 2.90. The van der Waals surface area contributed by atoms with Crippen molar-refractivity contribution in [2.24, 2.45) is 5.92 Å². The van der Waals surface area contributed by atoms with Gasteiger partial charge in [0.25, 0.3) is 5.91 Å². The Morgan fingerprint density at radius 2 is 1.75 bits per heavy atom. The molecule has 6 rings (SSSR count). The summed E-state index contributed by atoms with van der Waals surface area (Å²) in [5.74, 6) is -4.36. The van der Waals surface area contributed by atoms with Gasteiger partial charge in [0, 0.05) is 31.0 Å². The predicted molar refractivity (Wildman–Crippen MR) is 184 cm³/mol.